The second-order valence-electron chi connectivity index (χ2n) is 2.42. The third kappa shape index (κ3) is 2.15. The fourth-order valence-corrected chi connectivity index (χ4v) is 0.892. The predicted molar refractivity (Wildman–Crippen MR) is 28.1 cm³/mol. The number of hydrogen-bond acceptors (Lipinski definition) is 2. The molecule has 1 saturated carbocycles. The summed E-state index contributed by atoms with van der Waals surface area (Å²) in [6.45, 7) is 0. The lowest BCUT2D eigenvalue weighted by Gasteiger charge is -2.32. The fourth-order valence-electron chi connectivity index (χ4n) is 0.892. The maximum absolute atomic E-state index is 11.4. The van der Waals surface area contributed by atoms with E-state index >= 15 is 0 Å². The Kier molecular flexibility index (Phi) is 1.87. The SMILES string of the molecule is N[C@H]1C[C@@H](OC(F)(F)F)C1. The van der Waals surface area contributed by atoms with Gasteiger partial charge in [-0.1, -0.05) is 0 Å². The van der Waals surface area contributed by atoms with E-state index < -0.39 is 12.5 Å². The quantitative estimate of drug-likeness (QED) is 0.613. The zero-order chi connectivity index (χ0) is 7.78. The highest BCUT2D eigenvalue weighted by molar-refractivity contribution is 4.82. The standard InChI is InChI=1S/C5H8F3NO/c6-5(7,8)10-4-1-3(9)2-4/h3-4H,1-2,9H2/t3-,4+. The molecule has 5 heteroatoms. The first-order valence-corrected chi connectivity index (χ1v) is 2.97. The number of rotatable bonds is 1. The first-order valence-electron chi connectivity index (χ1n) is 2.97. The number of alkyl halides is 3. The molecule has 0 atom stereocenters. The molecule has 2 N–H and O–H groups in total. The second kappa shape index (κ2) is 2.39. The molecule has 0 aromatic rings. The normalized spacial score (nSPS) is 33.6. The molecule has 2 nitrogen and oxygen atoms in total. The van der Waals surface area contributed by atoms with Crippen LogP contribution in [0, 0.1) is 0 Å². The molecule has 1 fully saturated rings. The van der Waals surface area contributed by atoms with Gasteiger partial charge in [0.15, 0.2) is 0 Å². The summed E-state index contributed by atoms with van der Waals surface area (Å²) in [5.74, 6) is 0. The van der Waals surface area contributed by atoms with Gasteiger partial charge in [-0.05, 0) is 12.8 Å². The molecule has 0 unspecified atom stereocenters. The molecule has 0 spiro atoms. The van der Waals surface area contributed by atoms with Crippen molar-refractivity contribution in [1.29, 1.82) is 0 Å². The average molecular weight is 155 g/mol. The van der Waals surface area contributed by atoms with Crippen LogP contribution in [0.4, 0.5) is 13.2 Å². The second-order valence-corrected chi connectivity index (χ2v) is 2.42. The topological polar surface area (TPSA) is 35.2 Å². The van der Waals surface area contributed by atoms with Gasteiger partial charge in [0.2, 0.25) is 0 Å². The van der Waals surface area contributed by atoms with E-state index in [0.29, 0.717) is 12.8 Å². The highest BCUT2D eigenvalue weighted by Gasteiger charge is 2.38. The number of nitrogens with two attached hydrogens (primary N) is 1. The van der Waals surface area contributed by atoms with E-state index in [1.807, 2.05) is 0 Å². The predicted octanol–water partition coefficient (Wildman–Crippen LogP) is 1.01. The van der Waals surface area contributed by atoms with Crippen molar-refractivity contribution in [1.82, 2.24) is 0 Å². The molecule has 0 aliphatic heterocycles. The van der Waals surface area contributed by atoms with E-state index in [1.54, 1.807) is 0 Å². The van der Waals surface area contributed by atoms with Crippen LogP contribution in [0.25, 0.3) is 0 Å². The molecule has 60 valence electrons. The summed E-state index contributed by atoms with van der Waals surface area (Å²) in [5.41, 5.74) is 5.24. The molecular weight excluding hydrogens is 147 g/mol. The molecule has 1 aliphatic rings. The van der Waals surface area contributed by atoms with Gasteiger partial charge in [-0.25, -0.2) is 0 Å². The molecule has 0 saturated heterocycles. The maximum atomic E-state index is 11.4. The first kappa shape index (κ1) is 7.81. The van der Waals surface area contributed by atoms with Gasteiger partial charge in [0, 0.05) is 6.04 Å². The van der Waals surface area contributed by atoms with Gasteiger partial charge < -0.3 is 5.73 Å². The van der Waals surface area contributed by atoms with Crippen molar-refractivity contribution in [3.05, 3.63) is 0 Å². The van der Waals surface area contributed by atoms with Crippen LogP contribution in [0.3, 0.4) is 0 Å². The molecule has 0 aromatic heterocycles. The van der Waals surface area contributed by atoms with Crippen LogP contribution < -0.4 is 5.73 Å². The van der Waals surface area contributed by atoms with E-state index in [9.17, 15) is 13.2 Å². The fraction of sp³-hybridized carbons (Fsp3) is 1.00. The van der Waals surface area contributed by atoms with Gasteiger partial charge in [-0.2, -0.15) is 0 Å². The summed E-state index contributed by atoms with van der Waals surface area (Å²) < 4.78 is 37.8. The number of ether oxygens (including phenoxy) is 1. The van der Waals surface area contributed by atoms with Crippen molar-refractivity contribution in [2.24, 2.45) is 5.73 Å². The third-order valence-electron chi connectivity index (χ3n) is 1.43. The molecule has 0 amide bonds. The lowest BCUT2D eigenvalue weighted by molar-refractivity contribution is -0.351. The third-order valence-corrected chi connectivity index (χ3v) is 1.43. The number of hydrogen-bond donors (Lipinski definition) is 1. The summed E-state index contributed by atoms with van der Waals surface area (Å²) >= 11 is 0. The van der Waals surface area contributed by atoms with Crippen molar-refractivity contribution >= 4 is 0 Å². The van der Waals surface area contributed by atoms with Crippen molar-refractivity contribution in [3.8, 4) is 0 Å². The van der Waals surface area contributed by atoms with Gasteiger partial charge in [0.05, 0.1) is 6.10 Å². The Morgan fingerprint density at radius 3 is 2.10 bits per heavy atom. The Labute approximate surface area is 56.1 Å². The minimum absolute atomic E-state index is 0.104. The summed E-state index contributed by atoms with van der Waals surface area (Å²) in [6, 6.07) is -0.104. The monoisotopic (exact) mass is 155 g/mol. The van der Waals surface area contributed by atoms with E-state index in [2.05, 4.69) is 4.74 Å². The zero-order valence-electron chi connectivity index (χ0n) is 5.19. The van der Waals surface area contributed by atoms with Crippen LogP contribution in [-0.2, 0) is 4.74 Å². The molecule has 1 aliphatic carbocycles. The van der Waals surface area contributed by atoms with Crippen molar-refractivity contribution in [2.75, 3.05) is 0 Å². The van der Waals surface area contributed by atoms with Crippen LogP contribution in [0.15, 0.2) is 0 Å². The van der Waals surface area contributed by atoms with Crippen LogP contribution in [0.5, 0.6) is 0 Å². The highest BCUT2D eigenvalue weighted by atomic mass is 19.4. The van der Waals surface area contributed by atoms with Crippen LogP contribution >= 0.6 is 0 Å². The lowest BCUT2D eigenvalue weighted by atomic mass is 9.90. The van der Waals surface area contributed by atoms with E-state index in [0.717, 1.165) is 0 Å². The Bertz CT molecular complexity index is 119. The van der Waals surface area contributed by atoms with E-state index in [-0.39, 0.29) is 6.04 Å². The summed E-state index contributed by atoms with van der Waals surface area (Å²) in [4.78, 5) is 0. The molecule has 0 aromatic carbocycles. The smallest absolute Gasteiger partial charge is 0.328 e. The van der Waals surface area contributed by atoms with Crippen LogP contribution in [0.2, 0.25) is 0 Å². The van der Waals surface area contributed by atoms with Gasteiger partial charge in [0.1, 0.15) is 0 Å². The minimum Gasteiger partial charge on any atom is -0.328 e. The molecular formula is C5H8F3NO. The van der Waals surface area contributed by atoms with Crippen molar-refractivity contribution in [2.45, 2.75) is 31.3 Å². The Morgan fingerprint density at radius 2 is 1.80 bits per heavy atom. The zero-order valence-corrected chi connectivity index (χ0v) is 5.19. The Hall–Kier alpha value is -0.290. The molecule has 0 heterocycles. The van der Waals surface area contributed by atoms with Gasteiger partial charge in [-0.3, -0.25) is 4.74 Å². The van der Waals surface area contributed by atoms with Gasteiger partial charge in [-0.15, -0.1) is 13.2 Å². The molecule has 0 radical (unpaired) electrons. The minimum atomic E-state index is -4.50. The Morgan fingerprint density at radius 1 is 1.30 bits per heavy atom. The molecule has 0 bridgehead atoms. The molecule has 10 heavy (non-hydrogen) atoms. The first-order chi connectivity index (χ1) is 4.47. The summed E-state index contributed by atoms with van der Waals surface area (Å²) in [7, 11) is 0. The van der Waals surface area contributed by atoms with Crippen LogP contribution in [-0.4, -0.2) is 18.5 Å². The summed E-state index contributed by atoms with van der Waals surface area (Å²) in [5, 5.41) is 0. The highest BCUT2D eigenvalue weighted by Crippen LogP contribution is 2.28. The lowest BCUT2D eigenvalue weighted by Crippen LogP contribution is -2.44. The van der Waals surface area contributed by atoms with Gasteiger partial charge >= 0.3 is 6.36 Å². The van der Waals surface area contributed by atoms with Crippen molar-refractivity contribution < 1.29 is 17.9 Å². The average Bonchev–Trinajstić information content (AvgIpc) is 1.57. The maximum Gasteiger partial charge on any atom is 0.522 e. The largest absolute Gasteiger partial charge is 0.522 e. The van der Waals surface area contributed by atoms with E-state index in [4.69, 9.17) is 5.73 Å². The van der Waals surface area contributed by atoms with E-state index in [1.165, 1.54) is 0 Å². The summed E-state index contributed by atoms with van der Waals surface area (Å²) in [6.07, 6.45) is -4.56. The Balaban J connectivity index is 2.16. The number of halogens is 3. The van der Waals surface area contributed by atoms with Crippen LogP contribution in [0.1, 0.15) is 12.8 Å². The molecule has 1 rings (SSSR count). The van der Waals surface area contributed by atoms with Crippen molar-refractivity contribution in [3.63, 3.8) is 0 Å². The van der Waals surface area contributed by atoms with Gasteiger partial charge in [0.25, 0.3) is 0 Å².